The molecule has 7 heteroatoms. The molecule has 1 N–H and O–H groups in total. The molecule has 0 unspecified atom stereocenters. The number of imidazole rings is 1. The minimum Gasteiger partial charge on any atom is -0.494 e. The maximum Gasteiger partial charge on any atom is 0.224 e. The van der Waals surface area contributed by atoms with E-state index in [1.165, 1.54) is 5.56 Å². The third kappa shape index (κ3) is 6.36. The van der Waals surface area contributed by atoms with E-state index < -0.39 is 0 Å². The molecule has 0 aliphatic heterocycles. The fourth-order valence-corrected chi connectivity index (χ4v) is 4.17. The quantitative estimate of drug-likeness (QED) is 0.293. The Morgan fingerprint density at radius 1 is 0.972 bits per heavy atom. The molecule has 3 aromatic carbocycles. The lowest BCUT2D eigenvalue weighted by atomic mass is 10.1. The summed E-state index contributed by atoms with van der Waals surface area (Å²) in [7, 11) is 3.18. The first-order chi connectivity index (χ1) is 17.6. The monoisotopic (exact) mass is 487 g/mol. The molecular formula is C29H33N3O4. The van der Waals surface area contributed by atoms with Crippen LogP contribution in [0, 0.1) is 6.92 Å². The van der Waals surface area contributed by atoms with Gasteiger partial charge in [0.1, 0.15) is 11.6 Å². The third-order valence-electron chi connectivity index (χ3n) is 6.03. The van der Waals surface area contributed by atoms with Crippen molar-refractivity contribution < 1.29 is 19.0 Å². The number of aromatic nitrogens is 2. The molecular weight excluding hydrogens is 454 g/mol. The molecule has 36 heavy (non-hydrogen) atoms. The smallest absolute Gasteiger partial charge is 0.224 e. The standard InChI is InChI=1S/C29H33N3O4/c1-21-9-12-23(13-10-21)36-18-6-17-32-25-8-5-4-7-24(25)31-28(32)15-16-30-29(33)20-22-11-14-26(34-2)27(19-22)35-3/h4-5,7-14,19H,6,15-18,20H2,1-3H3,(H,30,33). The van der Waals surface area contributed by atoms with E-state index in [1.807, 2.05) is 48.5 Å². The van der Waals surface area contributed by atoms with Crippen molar-refractivity contribution in [1.29, 1.82) is 0 Å². The third-order valence-corrected chi connectivity index (χ3v) is 6.03. The van der Waals surface area contributed by atoms with Gasteiger partial charge in [0.2, 0.25) is 5.91 Å². The van der Waals surface area contributed by atoms with Gasteiger partial charge in [-0.3, -0.25) is 4.79 Å². The fourth-order valence-electron chi connectivity index (χ4n) is 4.17. The molecule has 0 aliphatic carbocycles. The van der Waals surface area contributed by atoms with Crippen LogP contribution in [0.1, 0.15) is 23.4 Å². The van der Waals surface area contributed by atoms with Gasteiger partial charge in [-0.2, -0.15) is 0 Å². The number of nitrogens with zero attached hydrogens (tertiary/aromatic N) is 2. The Labute approximate surface area is 212 Å². The van der Waals surface area contributed by atoms with Crippen molar-refractivity contribution in [3.05, 3.63) is 83.7 Å². The van der Waals surface area contributed by atoms with E-state index in [1.54, 1.807) is 14.2 Å². The maximum absolute atomic E-state index is 12.6. The van der Waals surface area contributed by atoms with Crippen LogP contribution in [0.3, 0.4) is 0 Å². The molecule has 7 nitrogen and oxygen atoms in total. The van der Waals surface area contributed by atoms with E-state index in [-0.39, 0.29) is 12.3 Å². The van der Waals surface area contributed by atoms with Crippen molar-refractivity contribution in [2.45, 2.75) is 32.7 Å². The van der Waals surface area contributed by atoms with Gasteiger partial charge in [0, 0.05) is 19.5 Å². The van der Waals surface area contributed by atoms with E-state index >= 15 is 0 Å². The molecule has 4 aromatic rings. The van der Waals surface area contributed by atoms with Crippen molar-refractivity contribution in [2.75, 3.05) is 27.4 Å². The zero-order chi connectivity index (χ0) is 25.3. The molecule has 1 aromatic heterocycles. The second-order valence-corrected chi connectivity index (χ2v) is 8.65. The first kappa shape index (κ1) is 25.1. The number of methoxy groups -OCH3 is 2. The normalized spacial score (nSPS) is 10.9. The largest absolute Gasteiger partial charge is 0.494 e. The molecule has 0 saturated carbocycles. The van der Waals surface area contributed by atoms with Gasteiger partial charge in [-0.25, -0.2) is 4.98 Å². The number of hydrogen-bond acceptors (Lipinski definition) is 5. The Morgan fingerprint density at radius 3 is 2.53 bits per heavy atom. The number of carbonyl (C=O) groups is 1. The van der Waals surface area contributed by atoms with E-state index in [0.717, 1.165) is 41.1 Å². The van der Waals surface area contributed by atoms with Crippen LogP contribution >= 0.6 is 0 Å². The summed E-state index contributed by atoms with van der Waals surface area (Å²) in [5.41, 5.74) is 4.14. The topological polar surface area (TPSA) is 74.6 Å². The van der Waals surface area contributed by atoms with Gasteiger partial charge >= 0.3 is 0 Å². The highest BCUT2D eigenvalue weighted by Crippen LogP contribution is 2.27. The minimum atomic E-state index is -0.0450. The van der Waals surface area contributed by atoms with Crippen LogP contribution in [0.4, 0.5) is 0 Å². The van der Waals surface area contributed by atoms with Gasteiger partial charge in [0.15, 0.2) is 11.5 Å². The summed E-state index contributed by atoms with van der Waals surface area (Å²) in [4.78, 5) is 17.4. The van der Waals surface area contributed by atoms with Crippen LogP contribution in [-0.4, -0.2) is 42.8 Å². The molecule has 188 valence electrons. The number of rotatable bonds is 12. The molecule has 0 aliphatic rings. The number of benzene rings is 3. The van der Waals surface area contributed by atoms with Crippen LogP contribution < -0.4 is 19.5 Å². The molecule has 4 rings (SSSR count). The van der Waals surface area contributed by atoms with Crippen LogP contribution in [0.25, 0.3) is 11.0 Å². The first-order valence-electron chi connectivity index (χ1n) is 12.2. The van der Waals surface area contributed by atoms with Gasteiger partial charge in [-0.05, 0) is 55.3 Å². The Bertz CT molecular complexity index is 1300. The Kier molecular flexibility index (Phi) is 8.44. The predicted octanol–water partition coefficient (Wildman–Crippen LogP) is 4.73. The number of fused-ring (bicyclic) bond motifs is 1. The highest BCUT2D eigenvalue weighted by atomic mass is 16.5. The van der Waals surface area contributed by atoms with E-state index in [2.05, 4.69) is 35.0 Å². The first-order valence-corrected chi connectivity index (χ1v) is 12.2. The summed E-state index contributed by atoms with van der Waals surface area (Å²) in [6, 6.07) is 21.7. The molecule has 0 radical (unpaired) electrons. The van der Waals surface area contributed by atoms with Crippen LogP contribution in [0.15, 0.2) is 66.7 Å². The van der Waals surface area contributed by atoms with Gasteiger partial charge in [0.05, 0.1) is 38.3 Å². The molecule has 0 saturated heterocycles. The number of carbonyl (C=O) groups excluding carboxylic acids is 1. The van der Waals surface area contributed by atoms with Gasteiger partial charge in [0.25, 0.3) is 0 Å². The van der Waals surface area contributed by atoms with Gasteiger partial charge < -0.3 is 24.1 Å². The van der Waals surface area contributed by atoms with Crippen molar-refractivity contribution in [3.8, 4) is 17.2 Å². The summed E-state index contributed by atoms with van der Waals surface area (Å²) in [6.45, 7) is 3.99. The second kappa shape index (κ2) is 12.1. The molecule has 0 fully saturated rings. The molecule has 0 spiro atoms. The molecule has 0 atom stereocenters. The van der Waals surface area contributed by atoms with Crippen LogP contribution in [0.5, 0.6) is 17.2 Å². The number of para-hydroxylation sites is 2. The molecule has 0 bridgehead atoms. The van der Waals surface area contributed by atoms with Crippen molar-refractivity contribution in [3.63, 3.8) is 0 Å². The highest BCUT2D eigenvalue weighted by Gasteiger charge is 2.12. The minimum absolute atomic E-state index is 0.0450. The van der Waals surface area contributed by atoms with Crippen LogP contribution in [-0.2, 0) is 24.2 Å². The number of ether oxygens (including phenoxy) is 3. The van der Waals surface area contributed by atoms with Crippen molar-refractivity contribution in [1.82, 2.24) is 14.9 Å². The second-order valence-electron chi connectivity index (χ2n) is 8.65. The summed E-state index contributed by atoms with van der Waals surface area (Å²) in [5, 5.41) is 3.02. The zero-order valence-corrected chi connectivity index (χ0v) is 21.1. The lowest BCUT2D eigenvalue weighted by Gasteiger charge is -2.12. The predicted molar refractivity (Wildman–Crippen MR) is 141 cm³/mol. The zero-order valence-electron chi connectivity index (χ0n) is 21.1. The lowest BCUT2D eigenvalue weighted by molar-refractivity contribution is -0.120. The summed E-state index contributed by atoms with van der Waals surface area (Å²) in [6.07, 6.45) is 1.77. The summed E-state index contributed by atoms with van der Waals surface area (Å²) < 4.78 is 18.7. The highest BCUT2D eigenvalue weighted by molar-refractivity contribution is 5.79. The van der Waals surface area contributed by atoms with Gasteiger partial charge in [-0.15, -0.1) is 0 Å². The van der Waals surface area contributed by atoms with Crippen molar-refractivity contribution in [2.24, 2.45) is 0 Å². The summed E-state index contributed by atoms with van der Waals surface area (Å²) >= 11 is 0. The van der Waals surface area contributed by atoms with Crippen LogP contribution in [0.2, 0.25) is 0 Å². The fraction of sp³-hybridized carbons (Fsp3) is 0.310. The Hall–Kier alpha value is -4.00. The lowest BCUT2D eigenvalue weighted by Crippen LogP contribution is -2.28. The van der Waals surface area contributed by atoms with E-state index in [9.17, 15) is 4.79 Å². The Morgan fingerprint density at radius 2 is 1.75 bits per heavy atom. The average Bonchev–Trinajstić information content (AvgIpc) is 3.24. The number of aryl methyl sites for hydroxylation is 2. The number of amides is 1. The van der Waals surface area contributed by atoms with E-state index in [4.69, 9.17) is 19.2 Å². The van der Waals surface area contributed by atoms with Gasteiger partial charge in [-0.1, -0.05) is 35.9 Å². The van der Waals surface area contributed by atoms with E-state index in [0.29, 0.717) is 31.1 Å². The average molecular weight is 488 g/mol. The van der Waals surface area contributed by atoms with Crippen molar-refractivity contribution >= 4 is 16.9 Å². The Balaban J connectivity index is 1.33. The molecule has 1 amide bonds. The summed E-state index contributed by atoms with van der Waals surface area (Å²) in [5.74, 6) is 3.05. The SMILES string of the molecule is COc1ccc(CC(=O)NCCc2nc3ccccc3n2CCCOc2ccc(C)cc2)cc1OC. The number of hydrogen-bond donors (Lipinski definition) is 1. The molecule has 1 heterocycles. The maximum atomic E-state index is 12.6. The number of nitrogens with one attached hydrogen (secondary N) is 1.